The van der Waals surface area contributed by atoms with E-state index in [1.165, 1.54) is 36.5 Å². The summed E-state index contributed by atoms with van der Waals surface area (Å²) in [5, 5.41) is 4.72. The van der Waals surface area contributed by atoms with Crippen LogP contribution in [-0.4, -0.2) is 51.5 Å². The molecule has 0 aliphatic carbocycles. The van der Waals surface area contributed by atoms with Gasteiger partial charge in [-0.2, -0.15) is 16.9 Å². The number of aromatic nitrogens is 2. The minimum absolute atomic E-state index is 0.433. The van der Waals surface area contributed by atoms with Crippen LogP contribution in [0, 0.1) is 0 Å². The maximum atomic E-state index is 5.85. The molecule has 0 spiro atoms. The lowest BCUT2D eigenvalue weighted by Crippen LogP contribution is -2.40. The molecule has 2 atom stereocenters. The summed E-state index contributed by atoms with van der Waals surface area (Å²) < 4.78 is 7.91. The van der Waals surface area contributed by atoms with E-state index in [0.717, 1.165) is 19.7 Å². The highest BCUT2D eigenvalue weighted by Crippen LogP contribution is 2.25. The molecule has 0 radical (unpaired) electrons. The Kier molecular flexibility index (Phi) is 5.24. The van der Waals surface area contributed by atoms with E-state index >= 15 is 0 Å². The molecule has 4 nitrogen and oxygen atoms in total. The molecule has 2 fully saturated rings. The van der Waals surface area contributed by atoms with Gasteiger partial charge in [0.2, 0.25) is 0 Å². The van der Waals surface area contributed by atoms with Gasteiger partial charge in [0.15, 0.2) is 0 Å². The van der Waals surface area contributed by atoms with Gasteiger partial charge in [-0.15, -0.1) is 0 Å². The Balaban J connectivity index is 1.64. The molecule has 2 aliphatic rings. The molecule has 0 saturated carbocycles. The van der Waals surface area contributed by atoms with Crippen molar-refractivity contribution >= 4 is 11.8 Å². The number of ether oxygens (including phenoxy) is 1. The average molecular weight is 309 g/mol. The van der Waals surface area contributed by atoms with Crippen LogP contribution in [0.1, 0.15) is 44.8 Å². The average Bonchev–Trinajstić information content (AvgIpc) is 3.21. The summed E-state index contributed by atoms with van der Waals surface area (Å²) in [4.78, 5) is 2.61. The van der Waals surface area contributed by atoms with Gasteiger partial charge < -0.3 is 4.74 Å². The Morgan fingerprint density at radius 2 is 2.38 bits per heavy atom. The largest absolute Gasteiger partial charge is 0.377 e. The van der Waals surface area contributed by atoms with Crippen LogP contribution < -0.4 is 0 Å². The Morgan fingerprint density at radius 1 is 1.48 bits per heavy atom. The third-order valence-corrected chi connectivity index (χ3v) is 5.59. The van der Waals surface area contributed by atoms with Crippen LogP contribution in [0.2, 0.25) is 0 Å². The molecule has 21 heavy (non-hydrogen) atoms. The Morgan fingerprint density at radius 3 is 3.00 bits per heavy atom. The third kappa shape index (κ3) is 4.02. The van der Waals surface area contributed by atoms with Crippen molar-refractivity contribution < 1.29 is 4.74 Å². The van der Waals surface area contributed by atoms with Gasteiger partial charge in [0.05, 0.1) is 11.8 Å². The van der Waals surface area contributed by atoms with Gasteiger partial charge in [0, 0.05) is 43.7 Å². The zero-order valence-electron chi connectivity index (χ0n) is 13.2. The smallest absolute Gasteiger partial charge is 0.0765 e. The predicted octanol–water partition coefficient (Wildman–Crippen LogP) is 2.95. The Bertz CT molecular complexity index is 436. The summed E-state index contributed by atoms with van der Waals surface area (Å²) in [5.41, 5.74) is 1.19. The van der Waals surface area contributed by atoms with E-state index in [0.29, 0.717) is 18.2 Å². The van der Waals surface area contributed by atoms with Gasteiger partial charge in [-0.3, -0.25) is 9.58 Å². The van der Waals surface area contributed by atoms with Crippen LogP contribution in [0.4, 0.5) is 0 Å². The van der Waals surface area contributed by atoms with Gasteiger partial charge in [-0.1, -0.05) is 0 Å². The number of hydrogen-bond donors (Lipinski definition) is 0. The van der Waals surface area contributed by atoms with Crippen molar-refractivity contribution in [2.24, 2.45) is 0 Å². The fraction of sp³-hybridized carbons (Fsp3) is 0.812. The first kappa shape index (κ1) is 15.4. The van der Waals surface area contributed by atoms with Gasteiger partial charge >= 0.3 is 0 Å². The lowest BCUT2D eigenvalue weighted by Gasteiger charge is -2.29. The van der Waals surface area contributed by atoms with Crippen LogP contribution in [0.5, 0.6) is 0 Å². The Hall–Kier alpha value is -0.520. The first-order chi connectivity index (χ1) is 10.2. The zero-order chi connectivity index (χ0) is 14.7. The third-order valence-electron chi connectivity index (χ3n) is 4.44. The lowest BCUT2D eigenvalue weighted by molar-refractivity contribution is 0.0569. The molecule has 118 valence electrons. The summed E-state index contributed by atoms with van der Waals surface area (Å²) in [6.45, 7) is 7.33. The van der Waals surface area contributed by atoms with Gasteiger partial charge in [-0.25, -0.2) is 0 Å². The highest BCUT2D eigenvalue weighted by molar-refractivity contribution is 7.99. The number of hydrogen-bond acceptors (Lipinski definition) is 4. The van der Waals surface area contributed by atoms with Gasteiger partial charge in [0.25, 0.3) is 0 Å². The first-order valence-corrected chi connectivity index (χ1v) is 9.35. The minimum Gasteiger partial charge on any atom is -0.377 e. The van der Waals surface area contributed by atoms with Crippen molar-refractivity contribution in [1.82, 2.24) is 14.7 Å². The molecule has 1 aromatic rings. The van der Waals surface area contributed by atoms with Crippen LogP contribution >= 0.6 is 11.8 Å². The molecule has 3 rings (SSSR count). The Labute approximate surface area is 132 Å². The van der Waals surface area contributed by atoms with Crippen molar-refractivity contribution in [3.05, 3.63) is 18.0 Å². The maximum Gasteiger partial charge on any atom is 0.0765 e. The molecule has 0 unspecified atom stereocenters. The summed E-state index contributed by atoms with van der Waals surface area (Å²) in [6.07, 6.45) is 6.29. The second-order valence-electron chi connectivity index (χ2n) is 6.46. The van der Waals surface area contributed by atoms with E-state index in [9.17, 15) is 0 Å². The molecule has 0 N–H and O–H groups in total. The van der Waals surface area contributed by atoms with E-state index in [-0.39, 0.29) is 0 Å². The lowest BCUT2D eigenvalue weighted by atomic mass is 10.1. The SMILES string of the molecule is CC(C)n1ccc(CN(C[C@@H]2CCCO2)[C@@H]2CCSC2)n1. The number of thioether (sulfide) groups is 1. The molecule has 2 saturated heterocycles. The normalized spacial score (nSPS) is 26.3. The molecule has 1 aromatic heterocycles. The molecular formula is C16H27N3OS. The van der Waals surface area contributed by atoms with Crippen LogP contribution in [0.3, 0.4) is 0 Å². The molecule has 2 aliphatic heterocycles. The second kappa shape index (κ2) is 7.16. The highest BCUT2D eigenvalue weighted by Gasteiger charge is 2.27. The van der Waals surface area contributed by atoms with E-state index < -0.39 is 0 Å². The first-order valence-electron chi connectivity index (χ1n) is 8.20. The maximum absolute atomic E-state index is 5.85. The minimum atomic E-state index is 0.433. The van der Waals surface area contributed by atoms with Gasteiger partial charge in [-0.05, 0) is 44.9 Å². The second-order valence-corrected chi connectivity index (χ2v) is 7.61. The van der Waals surface area contributed by atoms with Crippen molar-refractivity contribution in [3.63, 3.8) is 0 Å². The van der Waals surface area contributed by atoms with Crippen LogP contribution in [0.15, 0.2) is 12.3 Å². The van der Waals surface area contributed by atoms with Crippen molar-refractivity contribution in [2.75, 3.05) is 24.7 Å². The predicted molar refractivity (Wildman–Crippen MR) is 87.7 cm³/mol. The zero-order valence-corrected chi connectivity index (χ0v) is 14.0. The molecule has 0 aromatic carbocycles. The monoisotopic (exact) mass is 309 g/mol. The van der Waals surface area contributed by atoms with Crippen molar-refractivity contribution in [3.8, 4) is 0 Å². The summed E-state index contributed by atoms with van der Waals surface area (Å²) >= 11 is 2.08. The number of rotatable bonds is 6. The van der Waals surface area contributed by atoms with Crippen LogP contribution in [-0.2, 0) is 11.3 Å². The van der Waals surface area contributed by atoms with Crippen molar-refractivity contribution in [1.29, 1.82) is 0 Å². The molecule has 3 heterocycles. The summed E-state index contributed by atoms with van der Waals surface area (Å²) in [6, 6.07) is 3.31. The van der Waals surface area contributed by atoms with Crippen molar-refractivity contribution in [2.45, 2.75) is 57.8 Å². The highest BCUT2D eigenvalue weighted by atomic mass is 32.2. The molecular weight excluding hydrogens is 282 g/mol. The van der Waals surface area contributed by atoms with Crippen LogP contribution in [0.25, 0.3) is 0 Å². The van der Waals surface area contributed by atoms with E-state index in [1.54, 1.807) is 0 Å². The fourth-order valence-electron chi connectivity index (χ4n) is 3.16. The number of nitrogens with zero attached hydrogens (tertiary/aromatic N) is 3. The molecule has 0 bridgehead atoms. The van der Waals surface area contributed by atoms with E-state index in [2.05, 4.69) is 47.5 Å². The summed E-state index contributed by atoms with van der Waals surface area (Å²) in [5.74, 6) is 2.56. The topological polar surface area (TPSA) is 30.3 Å². The van der Waals surface area contributed by atoms with E-state index in [4.69, 9.17) is 9.84 Å². The molecule has 0 amide bonds. The van der Waals surface area contributed by atoms with Gasteiger partial charge in [0.1, 0.15) is 0 Å². The molecule has 5 heteroatoms. The standard InChI is InChI=1S/C16H27N3OS/c1-13(2)19-7-5-14(17-19)10-18(15-6-9-21-12-15)11-16-4-3-8-20-16/h5,7,13,15-16H,3-4,6,8-12H2,1-2H3/t15-,16+/m1/s1. The van der Waals surface area contributed by atoms with E-state index in [1.807, 2.05) is 0 Å². The summed E-state index contributed by atoms with van der Waals surface area (Å²) in [7, 11) is 0. The fourth-order valence-corrected chi connectivity index (χ4v) is 4.42. The quantitative estimate of drug-likeness (QED) is 0.808.